The number of aryl methyl sites for hydroxylation is 1. The molecule has 0 unspecified atom stereocenters. The molecule has 8 nitrogen and oxygen atoms in total. The van der Waals surface area contributed by atoms with Gasteiger partial charge in [0.15, 0.2) is 6.23 Å². The average molecular weight is 360 g/mol. The number of H-pyrrole nitrogens is 1. The highest BCUT2D eigenvalue weighted by molar-refractivity contribution is 5.31. The Morgan fingerprint density at radius 1 is 1.27 bits per heavy atom. The van der Waals surface area contributed by atoms with Crippen LogP contribution in [0.15, 0.2) is 52.2 Å². The molecule has 1 saturated heterocycles. The highest BCUT2D eigenvalue weighted by Gasteiger charge is 2.39. The zero-order valence-electron chi connectivity index (χ0n) is 14.5. The van der Waals surface area contributed by atoms with Gasteiger partial charge in [-0.1, -0.05) is 6.58 Å². The van der Waals surface area contributed by atoms with Crippen LogP contribution < -0.4 is 20.7 Å². The van der Waals surface area contributed by atoms with Crippen molar-refractivity contribution in [1.29, 1.82) is 0 Å². The molecule has 8 heteroatoms. The van der Waals surface area contributed by atoms with Crippen LogP contribution in [0.3, 0.4) is 0 Å². The molecule has 3 rings (SSSR count). The lowest BCUT2D eigenvalue weighted by molar-refractivity contribution is -0.0501. The van der Waals surface area contributed by atoms with Gasteiger partial charge in [0.25, 0.3) is 5.56 Å². The van der Waals surface area contributed by atoms with Crippen molar-refractivity contribution in [2.45, 2.75) is 25.4 Å². The molecule has 1 aromatic heterocycles. The first kappa shape index (κ1) is 18.0. The number of aromatic nitrogens is 2. The summed E-state index contributed by atoms with van der Waals surface area (Å²) in [4.78, 5) is 25.7. The first-order valence-corrected chi connectivity index (χ1v) is 8.02. The maximum atomic E-state index is 12.0. The van der Waals surface area contributed by atoms with E-state index in [0.717, 1.165) is 4.57 Å². The van der Waals surface area contributed by atoms with E-state index in [2.05, 4.69) is 11.6 Å². The predicted molar refractivity (Wildman–Crippen MR) is 93.6 cm³/mol. The number of nitrogens with one attached hydrogen (secondary N) is 1. The Balaban J connectivity index is 1.73. The number of aromatic amines is 1. The van der Waals surface area contributed by atoms with Crippen LogP contribution >= 0.6 is 0 Å². The zero-order valence-corrected chi connectivity index (χ0v) is 14.5. The molecule has 3 atom stereocenters. The minimum atomic E-state index is -1.09. The summed E-state index contributed by atoms with van der Waals surface area (Å²) < 4.78 is 17.7. The van der Waals surface area contributed by atoms with Crippen molar-refractivity contribution >= 4 is 0 Å². The van der Waals surface area contributed by atoms with Crippen LogP contribution in [-0.4, -0.2) is 40.6 Å². The second-order valence-electron chi connectivity index (χ2n) is 6.00. The summed E-state index contributed by atoms with van der Waals surface area (Å²) in [7, 11) is 1.58. The van der Waals surface area contributed by atoms with Gasteiger partial charge in [0, 0.05) is 11.8 Å². The maximum absolute atomic E-state index is 12.0. The van der Waals surface area contributed by atoms with Gasteiger partial charge in [-0.05, 0) is 36.8 Å². The van der Waals surface area contributed by atoms with Gasteiger partial charge in [0.1, 0.15) is 30.3 Å². The van der Waals surface area contributed by atoms with Gasteiger partial charge in [0.05, 0.1) is 7.11 Å². The van der Waals surface area contributed by atoms with Crippen LogP contribution in [-0.2, 0) is 4.74 Å². The highest BCUT2D eigenvalue weighted by atomic mass is 16.6. The van der Waals surface area contributed by atoms with E-state index in [0.29, 0.717) is 22.6 Å². The van der Waals surface area contributed by atoms with Crippen LogP contribution in [0.5, 0.6) is 11.5 Å². The van der Waals surface area contributed by atoms with Crippen LogP contribution in [0.2, 0.25) is 0 Å². The van der Waals surface area contributed by atoms with E-state index in [1.54, 1.807) is 38.3 Å². The molecule has 0 aliphatic carbocycles. The molecule has 2 aromatic rings. The molecular weight excluding hydrogens is 340 g/mol. The fourth-order valence-electron chi connectivity index (χ4n) is 2.69. The van der Waals surface area contributed by atoms with Crippen molar-refractivity contribution in [2.75, 3.05) is 13.7 Å². The molecule has 2 heterocycles. The summed E-state index contributed by atoms with van der Waals surface area (Å²) in [5, 5.41) is 10.4. The summed E-state index contributed by atoms with van der Waals surface area (Å²) in [5.74, 6) is 1.32. The van der Waals surface area contributed by atoms with E-state index >= 15 is 0 Å². The quantitative estimate of drug-likeness (QED) is 0.763. The smallest absolute Gasteiger partial charge is 0.330 e. The molecule has 1 aliphatic rings. The van der Waals surface area contributed by atoms with Crippen LogP contribution in [0.1, 0.15) is 11.8 Å². The number of nitrogens with zero attached hydrogens (tertiary/aromatic N) is 1. The fourth-order valence-corrected chi connectivity index (χ4v) is 2.69. The first-order valence-electron chi connectivity index (χ1n) is 8.02. The third kappa shape index (κ3) is 3.42. The Bertz CT molecular complexity index is 915. The number of aliphatic hydroxyl groups excluding tert-OH is 1. The fraction of sp³-hybridized carbons (Fsp3) is 0.333. The van der Waals surface area contributed by atoms with Gasteiger partial charge in [-0.25, -0.2) is 4.79 Å². The van der Waals surface area contributed by atoms with Crippen LogP contribution in [0, 0.1) is 6.92 Å². The van der Waals surface area contributed by atoms with E-state index in [1.807, 2.05) is 0 Å². The molecule has 0 bridgehead atoms. The first-order chi connectivity index (χ1) is 12.4. The number of aliphatic hydroxyl groups is 1. The van der Waals surface area contributed by atoms with Crippen molar-refractivity contribution in [3.63, 3.8) is 0 Å². The number of hydrogen-bond donors (Lipinski definition) is 2. The highest BCUT2D eigenvalue weighted by Crippen LogP contribution is 2.32. The van der Waals surface area contributed by atoms with Crippen LogP contribution in [0.4, 0.5) is 0 Å². The lowest BCUT2D eigenvalue weighted by Crippen LogP contribution is -2.36. The monoisotopic (exact) mass is 360 g/mol. The van der Waals surface area contributed by atoms with E-state index in [4.69, 9.17) is 14.2 Å². The van der Waals surface area contributed by atoms with Crippen molar-refractivity contribution in [3.05, 3.63) is 69.0 Å². The third-order valence-electron chi connectivity index (χ3n) is 4.25. The predicted octanol–water partition coefficient (Wildman–Crippen LogP) is 0.747. The topological polar surface area (TPSA) is 103 Å². The van der Waals surface area contributed by atoms with Gasteiger partial charge < -0.3 is 19.3 Å². The van der Waals surface area contributed by atoms with E-state index < -0.39 is 29.7 Å². The minimum absolute atomic E-state index is 0.121. The number of benzene rings is 1. The Labute approximate surface area is 149 Å². The summed E-state index contributed by atoms with van der Waals surface area (Å²) in [5.41, 5.74) is -0.394. The number of rotatable bonds is 5. The van der Waals surface area contributed by atoms with Gasteiger partial charge >= 0.3 is 5.69 Å². The lowest BCUT2D eigenvalue weighted by atomic mass is 10.1. The second-order valence-corrected chi connectivity index (χ2v) is 6.00. The standard InChI is InChI=1S/C18H20N2O6/c1-10-8-20(18(23)19-16(10)22)17-15(21)11(2)14(26-17)9-25-13-6-4-12(24-3)5-7-13/h4-8,14-15,17,21H,2,9H2,1,3H3,(H,19,22,23)/t14-,15-,17-/m1/s1. The van der Waals surface area contributed by atoms with E-state index in [-0.39, 0.29) is 6.61 Å². The molecule has 1 aliphatic heterocycles. The Morgan fingerprint density at radius 3 is 2.58 bits per heavy atom. The van der Waals surface area contributed by atoms with Gasteiger partial charge in [-0.15, -0.1) is 0 Å². The molecule has 0 saturated carbocycles. The molecular formula is C18H20N2O6. The van der Waals surface area contributed by atoms with Crippen molar-refractivity contribution in [2.24, 2.45) is 0 Å². The van der Waals surface area contributed by atoms with E-state index in [9.17, 15) is 14.7 Å². The number of ether oxygens (including phenoxy) is 3. The molecule has 138 valence electrons. The van der Waals surface area contributed by atoms with Crippen molar-refractivity contribution in [1.82, 2.24) is 9.55 Å². The summed E-state index contributed by atoms with van der Waals surface area (Å²) in [6.45, 7) is 5.52. The largest absolute Gasteiger partial charge is 0.497 e. The minimum Gasteiger partial charge on any atom is -0.497 e. The third-order valence-corrected chi connectivity index (χ3v) is 4.25. The lowest BCUT2D eigenvalue weighted by Gasteiger charge is -2.17. The Morgan fingerprint density at radius 2 is 1.92 bits per heavy atom. The Hall–Kier alpha value is -2.84. The molecule has 1 fully saturated rings. The number of hydrogen-bond acceptors (Lipinski definition) is 6. The Kier molecular flexibility index (Phi) is 4.97. The molecule has 0 spiro atoms. The molecule has 0 amide bonds. The maximum Gasteiger partial charge on any atom is 0.330 e. The van der Waals surface area contributed by atoms with Gasteiger partial charge in [0.2, 0.25) is 0 Å². The second kappa shape index (κ2) is 7.19. The molecule has 0 radical (unpaired) electrons. The SMILES string of the molecule is C=C1[C@@H](O)[C@H](n2cc(C)c(=O)[nH]c2=O)O[C@@H]1COc1ccc(OC)cc1. The van der Waals surface area contributed by atoms with Gasteiger partial charge in [-0.2, -0.15) is 0 Å². The van der Waals surface area contributed by atoms with E-state index in [1.165, 1.54) is 6.20 Å². The molecule has 2 N–H and O–H groups in total. The van der Waals surface area contributed by atoms with Crippen molar-refractivity contribution < 1.29 is 19.3 Å². The summed E-state index contributed by atoms with van der Waals surface area (Å²) in [6.07, 6.45) is -1.32. The number of methoxy groups -OCH3 is 1. The van der Waals surface area contributed by atoms with Crippen LogP contribution in [0.25, 0.3) is 0 Å². The average Bonchev–Trinajstić information content (AvgIpc) is 2.91. The summed E-state index contributed by atoms with van der Waals surface area (Å²) >= 11 is 0. The summed E-state index contributed by atoms with van der Waals surface area (Å²) in [6, 6.07) is 7.03. The zero-order chi connectivity index (χ0) is 18.8. The van der Waals surface area contributed by atoms with Crippen molar-refractivity contribution in [3.8, 4) is 11.5 Å². The normalized spacial score (nSPS) is 22.4. The molecule has 26 heavy (non-hydrogen) atoms. The molecule has 1 aromatic carbocycles. The van der Waals surface area contributed by atoms with Gasteiger partial charge in [-0.3, -0.25) is 14.3 Å².